The summed E-state index contributed by atoms with van der Waals surface area (Å²) >= 11 is 0. The topological polar surface area (TPSA) is 61.8 Å². The first kappa shape index (κ1) is 20.8. The molecule has 0 aromatic heterocycles. The van der Waals surface area contributed by atoms with Crippen molar-refractivity contribution >= 4 is 11.6 Å². The number of benzene rings is 2. The van der Waals surface area contributed by atoms with Gasteiger partial charge in [0.2, 0.25) is 5.91 Å². The fraction of sp³-hybridized carbons (Fsp3) is 0.458. The van der Waals surface area contributed by atoms with Crippen molar-refractivity contribution in [2.45, 2.75) is 50.7 Å². The highest BCUT2D eigenvalue weighted by Crippen LogP contribution is 2.29. The number of rotatable bonds is 5. The highest BCUT2D eigenvalue weighted by Gasteiger charge is 2.40. The van der Waals surface area contributed by atoms with Crippen molar-refractivity contribution in [2.75, 3.05) is 25.0 Å². The van der Waals surface area contributed by atoms with Crippen molar-refractivity contribution < 1.29 is 19.0 Å². The van der Waals surface area contributed by atoms with Crippen LogP contribution < -0.4 is 10.1 Å². The Bertz CT molecular complexity index is 915. The van der Waals surface area contributed by atoms with E-state index in [1.807, 2.05) is 17.0 Å². The van der Waals surface area contributed by atoms with Gasteiger partial charge in [-0.3, -0.25) is 9.69 Å². The quantitative estimate of drug-likeness (QED) is 0.789. The Balaban J connectivity index is 1.39. The number of nitrogens with zero attached hydrogens (tertiary/aromatic N) is 1. The van der Waals surface area contributed by atoms with Gasteiger partial charge in [0.05, 0.1) is 6.54 Å². The van der Waals surface area contributed by atoms with E-state index in [1.165, 1.54) is 29.7 Å². The molecule has 1 aliphatic heterocycles. The number of nitrogens with one attached hydrogen (secondary N) is 1. The van der Waals surface area contributed by atoms with Gasteiger partial charge in [-0.05, 0) is 68.4 Å². The molecule has 0 bridgehead atoms. The number of halogens is 1. The first-order valence-electron chi connectivity index (χ1n) is 10.7. The third kappa shape index (κ3) is 4.82. The molecule has 2 aliphatic rings. The van der Waals surface area contributed by atoms with Crippen LogP contribution in [0.3, 0.4) is 0 Å². The number of aryl methyl sites for hydroxylation is 1. The summed E-state index contributed by atoms with van der Waals surface area (Å²) in [4.78, 5) is 14.7. The molecule has 5 nitrogen and oxygen atoms in total. The molecule has 2 N–H and O–H groups in total. The van der Waals surface area contributed by atoms with Crippen LogP contribution in [-0.4, -0.2) is 47.3 Å². The van der Waals surface area contributed by atoms with Crippen LogP contribution in [0.2, 0.25) is 0 Å². The molecule has 2 aromatic carbocycles. The Morgan fingerprint density at radius 1 is 1.27 bits per heavy atom. The number of hydrogen-bond acceptors (Lipinski definition) is 4. The van der Waals surface area contributed by atoms with Gasteiger partial charge in [-0.15, -0.1) is 0 Å². The average molecular weight is 413 g/mol. The van der Waals surface area contributed by atoms with Crippen molar-refractivity contribution in [1.82, 2.24) is 4.90 Å². The van der Waals surface area contributed by atoms with Gasteiger partial charge in [0, 0.05) is 24.8 Å². The second-order valence-electron chi connectivity index (χ2n) is 8.60. The number of ether oxygens (including phenoxy) is 1. The lowest BCUT2D eigenvalue weighted by Gasteiger charge is -2.42. The van der Waals surface area contributed by atoms with E-state index < -0.39 is 11.7 Å². The normalized spacial score (nSPS) is 24.2. The van der Waals surface area contributed by atoms with Crippen molar-refractivity contribution in [3.8, 4) is 5.75 Å². The van der Waals surface area contributed by atoms with Crippen molar-refractivity contribution in [3.05, 3.63) is 59.4 Å². The maximum absolute atomic E-state index is 13.5. The minimum atomic E-state index is -1.04. The maximum atomic E-state index is 13.5. The number of piperidine rings is 1. The van der Waals surface area contributed by atoms with Crippen molar-refractivity contribution in [3.63, 3.8) is 0 Å². The van der Waals surface area contributed by atoms with Gasteiger partial charge >= 0.3 is 0 Å². The lowest BCUT2D eigenvalue weighted by atomic mass is 9.90. The lowest BCUT2D eigenvalue weighted by molar-refractivity contribution is -0.122. The Morgan fingerprint density at radius 2 is 2.07 bits per heavy atom. The van der Waals surface area contributed by atoms with E-state index in [0.29, 0.717) is 25.3 Å². The van der Waals surface area contributed by atoms with Crippen molar-refractivity contribution in [2.24, 2.45) is 0 Å². The maximum Gasteiger partial charge on any atom is 0.238 e. The van der Waals surface area contributed by atoms with E-state index in [0.717, 1.165) is 24.9 Å². The SMILES string of the molecule is C[C@]1(O)CCN(CC(=O)Nc2cccc3c2CCCC3)C[C@@H]1Oc1cccc(F)c1. The molecule has 0 radical (unpaired) electrons. The van der Waals surface area contributed by atoms with E-state index in [9.17, 15) is 14.3 Å². The molecular weight excluding hydrogens is 383 g/mol. The highest BCUT2D eigenvalue weighted by molar-refractivity contribution is 5.93. The van der Waals surface area contributed by atoms with Crippen LogP contribution in [0.4, 0.5) is 10.1 Å². The molecule has 160 valence electrons. The number of carbonyl (C=O) groups excluding carboxylic acids is 1. The fourth-order valence-corrected chi connectivity index (χ4v) is 4.37. The van der Waals surface area contributed by atoms with E-state index in [4.69, 9.17) is 4.74 Å². The number of fused-ring (bicyclic) bond motifs is 1. The Kier molecular flexibility index (Phi) is 6.06. The van der Waals surface area contributed by atoms with Crippen LogP contribution in [0.15, 0.2) is 42.5 Å². The van der Waals surface area contributed by atoms with Gasteiger partial charge in [-0.2, -0.15) is 0 Å². The predicted octanol–water partition coefficient (Wildman–Crippen LogP) is 3.55. The molecule has 2 aromatic rings. The molecule has 1 amide bonds. The van der Waals surface area contributed by atoms with Gasteiger partial charge in [0.15, 0.2) is 0 Å². The molecule has 1 heterocycles. The predicted molar refractivity (Wildman–Crippen MR) is 114 cm³/mol. The Hall–Kier alpha value is -2.44. The molecule has 1 fully saturated rings. The van der Waals surface area contributed by atoms with Gasteiger partial charge in [-0.1, -0.05) is 18.2 Å². The standard InChI is InChI=1S/C24H29FN2O3/c1-24(29)12-13-27(15-22(24)30-19-9-5-8-18(25)14-19)16-23(28)26-21-11-4-7-17-6-2-3-10-20(17)21/h4-5,7-9,11,14,22,29H,2-3,6,10,12-13,15-16H2,1H3,(H,26,28)/t22-,24-/m0/s1. The van der Waals surface area contributed by atoms with Crippen LogP contribution in [0.25, 0.3) is 0 Å². The molecule has 6 heteroatoms. The summed E-state index contributed by atoms with van der Waals surface area (Å²) in [5.41, 5.74) is 2.45. The largest absolute Gasteiger partial charge is 0.486 e. The molecule has 0 spiro atoms. The first-order valence-corrected chi connectivity index (χ1v) is 10.7. The number of likely N-dealkylation sites (tertiary alicyclic amines) is 1. The second-order valence-corrected chi connectivity index (χ2v) is 8.60. The van der Waals surface area contributed by atoms with Crippen LogP contribution >= 0.6 is 0 Å². The van der Waals surface area contributed by atoms with E-state index in [1.54, 1.807) is 19.1 Å². The molecule has 1 aliphatic carbocycles. The third-order valence-corrected chi connectivity index (χ3v) is 6.16. The van der Waals surface area contributed by atoms with Gasteiger partial charge < -0.3 is 15.2 Å². The molecular formula is C24H29FN2O3. The highest BCUT2D eigenvalue weighted by atomic mass is 19.1. The van der Waals surface area contributed by atoms with Crippen LogP contribution in [-0.2, 0) is 17.6 Å². The number of amides is 1. The van der Waals surface area contributed by atoms with Crippen LogP contribution in [0, 0.1) is 5.82 Å². The monoisotopic (exact) mass is 412 g/mol. The molecule has 1 saturated heterocycles. The molecule has 0 unspecified atom stereocenters. The lowest BCUT2D eigenvalue weighted by Crippen LogP contribution is -2.57. The summed E-state index contributed by atoms with van der Waals surface area (Å²) in [6.07, 6.45) is 4.35. The zero-order chi connectivity index (χ0) is 21.1. The Morgan fingerprint density at radius 3 is 2.90 bits per heavy atom. The minimum absolute atomic E-state index is 0.0694. The smallest absolute Gasteiger partial charge is 0.238 e. The molecule has 4 rings (SSSR count). The Labute approximate surface area is 176 Å². The zero-order valence-electron chi connectivity index (χ0n) is 17.4. The van der Waals surface area contributed by atoms with Crippen molar-refractivity contribution in [1.29, 1.82) is 0 Å². The van der Waals surface area contributed by atoms with Gasteiger partial charge in [0.1, 0.15) is 23.3 Å². The molecule has 0 saturated carbocycles. The second kappa shape index (κ2) is 8.74. The summed E-state index contributed by atoms with van der Waals surface area (Å²) in [5.74, 6) is -0.0760. The van der Waals surface area contributed by atoms with Gasteiger partial charge in [-0.25, -0.2) is 4.39 Å². The first-order chi connectivity index (χ1) is 14.4. The number of carbonyl (C=O) groups is 1. The van der Waals surface area contributed by atoms with E-state index in [-0.39, 0.29) is 18.3 Å². The van der Waals surface area contributed by atoms with E-state index >= 15 is 0 Å². The summed E-state index contributed by atoms with van der Waals surface area (Å²) in [7, 11) is 0. The summed E-state index contributed by atoms with van der Waals surface area (Å²) in [5, 5.41) is 13.8. The van der Waals surface area contributed by atoms with E-state index in [2.05, 4.69) is 11.4 Å². The fourth-order valence-electron chi connectivity index (χ4n) is 4.37. The zero-order valence-corrected chi connectivity index (χ0v) is 17.4. The molecule has 2 atom stereocenters. The summed E-state index contributed by atoms with van der Waals surface area (Å²) < 4.78 is 19.4. The summed E-state index contributed by atoms with van der Waals surface area (Å²) in [6.45, 7) is 2.94. The van der Waals surface area contributed by atoms with Crippen LogP contribution in [0.5, 0.6) is 5.75 Å². The average Bonchev–Trinajstić information content (AvgIpc) is 2.71. The minimum Gasteiger partial charge on any atom is -0.486 e. The number of aliphatic hydroxyl groups is 1. The number of anilines is 1. The molecule has 30 heavy (non-hydrogen) atoms. The van der Waals surface area contributed by atoms with Gasteiger partial charge in [0.25, 0.3) is 0 Å². The van der Waals surface area contributed by atoms with Crippen LogP contribution in [0.1, 0.15) is 37.3 Å². The summed E-state index contributed by atoms with van der Waals surface area (Å²) in [6, 6.07) is 12.0. The number of hydrogen-bond donors (Lipinski definition) is 2. The third-order valence-electron chi connectivity index (χ3n) is 6.16.